The highest BCUT2D eigenvalue weighted by atomic mass is 32.4. The third-order valence-corrected chi connectivity index (χ3v) is 12.4. The first-order valence-electron chi connectivity index (χ1n) is 9.01. The van der Waals surface area contributed by atoms with Gasteiger partial charge in [0.1, 0.15) is 0 Å². The van der Waals surface area contributed by atoms with Crippen molar-refractivity contribution in [3.63, 3.8) is 0 Å². The van der Waals surface area contributed by atoms with Gasteiger partial charge in [-0.05, 0) is 65.0 Å². The third-order valence-electron chi connectivity index (χ3n) is 5.30. The van der Waals surface area contributed by atoms with Crippen molar-refractivity contribution in [1.82, 2.24) is 0 Å². The summed E-state index contributed by atoms with van der Waals surface area (Å²) >= 11 is 10.4. The lowest BCUT2D eigenvalue weighted by Crippen LogP contribution is -2.05. The maximum absolute atomic E-state index is 6.70. The van der Waals surface area contributed by atoms with E-state index in [2.05, 4.69) is 65.4 Å². The van der Waals surface area contributed by atoms with Gasteiger partial charge in [0.25, 0.3) is 0 Å². The second kappa shape index (κ2) is 6.73. The summed E-state index contributed by atoms with van der Waals surface area (Å²) in [6, 6.07) is 17.8. The van der Waals surface area contributed by atoms with Gasteiger partial charge in [0.2, 0.25) is 0 Å². The Hall–Kier alpha value is -1.25. The zero-order chi connectivity index (χ0) is 17.6. The number of hydrogen-bond acceptors (Lipinski definition) is 3. The third kappa shape index (κ3) is 2.49. The summed E-state index contributed by atoms with van der Waals surface area (Å²) in [6.07, 6.45) is 4.94. The fourth-order valence-corrected chi connectivity index (χ4v) is 12.1. The van der Waals surface area contributed by atoms with Gasteiger partial charge in [0, 0.05) is 26.4 Å². The van der Waals surface area contributed by atoms with Crippen LogP contribution in [-0.4, -0.2) is 0 Å². The average molecular weight is 411 g/mol. The Morgan fingerprint density at radius 1 is 0.692 bits per heavy atom. The van der Waals surface area contributed by atoms with Crippen molar-refractivity contribution < 1.29 is 0 Å². The van der Waals surface area contributed by atoms with E-state index in [0.29, 0.717) is 0 Å². The van der Waals surface area contributed by atoms with Crippen molar-refractivity contribution >= 4 is 56.5 Å². The molecule has 1 saturated carbocycles. The van der Waals surface area contributed by atoms with Crippen LogP contribution in [-0.2, 0) is 11.8 Å². The van der Waals surface area contributed by atoms with Gasteiger partial charge < -0.3 is 0 Å². The van der Waals surface area contributed by atoms with Gasteiger partial charge in [0.05, 0.1) is 0 Å². The molecule has 0 atom stereocenters. The fourth-order valence-electron chi connectivity index (χ4n) is 4.25. The summed E-state index contributed by atoms with van der Waals surface area (Å²) in [5.41, 5.74) is 3.16. The SMILES string of the molecule is S=P1(c2ccccc2)C(c2cccs2)=C2CCCCC2=C1c1cccs1. The molecule has 0 amide bonds. The minimum atomic E-state index is -2.01. The first kappa shape index (κ1) is 16.9. The minimum absolute atomic E-state index is 1.18. The number of thiophene rings is 2. The minimum Gasteiger partial charge on any atom is -0.144 e. The van der Waals surface area contributed by atoms with Crippen LogP contribution in [0.5, 0.6) is 0 Å². The average Bonchev–Trinajstić information content (AvgIpc) is 3.41. The second-order valence-corrected chi connectivity index (χ2v) is 12.9. The molecule has 3 aromatic rings. The van der Waals surface area contributed by atoms with E-state index in [0.717, 1.165) is 0 Å². The topological polar surface area (TPSA) is 0 Å². The van der Waals surface area contributed by atoms with Crippen LogP contribution < -0.4 is 5.30 Å². The number of hydrogen-bond donors (Lipinski definition) is 0. The lowest BCUT2D eigenvalue weighted by atomic mass is 9.88. The van der Waals surface area contributed by atoms with Gasteiger partial charge >= 0.3 is 0 Å². The molecule has 4 heteroatoms. The summed E-state index contributed by atoms with van der Waals surface area (Å²) in [6.45, 7) is 0. The van der Waals surface area contributed by atoms with Crippen LogP contribution >= 0.6 is 28.7 Å². The van der Waals surface area contributed by atoms with Crippen molar-refractivity contribution in [3.8, 4) is 0 Å². The summed E-state index contributed by atoms with van der Waals surface area (Å²) < 4.78 is 0. The van der Waals surface area contributed by atoms with Gasteiger partial charge in [-0.3, -0.25) is 0 Å². The van der Waals surface area contributed by atoms with Crippen molar-refractivity contribution in [3.05, 3.63) is 86.3 Å². The molecule has 2 aromatic heterocycles. The Bertz CT molecular complexity index is 974. The standard InChI is InChI=1S/C22H19PS3/c24-23(16-8-2-1-3-9-16)21(19-12-6-14-25-19)17-10-4-5-11-18(17)22(23)20-13-7-15-26-20/h1-3,6-9,12-15H,4-5,10-11H2. The van der Waals surface area contributed by atoms with Crippen LogP contribution in [0.2, 0.25) is 0 Å². The summed E-state index contributed by atoms with van der Waals surface area (Å²) in [7, 11) is 0. The molecule has 0 radical (unpaired) electrons. The highest BCUT2D eigenvalue weighted by Crippen LogP contribution is 2.76. The van der Waals surface area contributed by atoms with Gasteiger partial charge in [0.15, 0.2) is 0 Å². The van der Waals surface area contributed by atoms with Crippen LogP contribution in [0.3, 0.4) is 0 Å². The first-order valence-corrected chi connectivity index (χ1v) is 13.6. The van der Waals surface area contributed by atoms with Crippen LogP contribution in [0.4, 0.5) is 0 Å². The zero-order valence-corrected chi connectivity index (χ0v) is 17.7. The number of rotatable bonds is 3. The van der Waals surface area contributed by atoms with E-state index in [9.17, 15) is 0 Å². The molecule has 0 unspecified atom stereocenters. The van der Waals surface area contributed by atoms with E-state index in [1.165, 1.54) is 51.4 Å². The summed E-state index contributed by atoms with van der Waals surface area (Å²) in [5.74, 6) is 0. The zero-order valence-electron chi connectivity index (χ0n) is 14.4. The molecular formula is C22H19PS3. The van der Waals surface area contributed by atoms with Crippen molar-refractivity contribution in [2.75, 3.05) is 0 Å². The quantitative estimate of drug-likeness (QED) is 0.408. The molecule has 0 bridgehead atoms. The molecule has 0 spiro atoms. The number of fused-ring (bicyclic) bond motifs is 1. The van der Waals surface area contributed by atoms with Crippen LogP contribution in [0.25, 0.3) is 10.6 Å². The molecule has 1 aliphatic carbocycles. The molecule has 5 rings (SSSR count). The smallest absolute Gasteiger partial charge is 0.0412 e. The Balaban J connectivity index is 1.86. The second-order valence-electron chi connectivity index (χ2n) is 6.76. The molecule has 1 aliphatic heterocycles. The number of benzene rings is 1. The molecule has 3 heterocycles. The van der Waals surface area contributed by atoms with E-state index < -0.39 is 6.04 Å². The largest absolute Gasteiger partial charge is 0.144 e. The Kier molecular flexibility index (Phi) is 4.37. The molecule has 0 saturated heterocycles. The maximum atomic E-state index is 6.70. The first-order chi connectivity index (χ1) is 12.8. The van der Waals surface area contributed by atoms with Crippen molar-refractivity contribution in [2.24, 2.45) is 0 Å². The molecule has 130 valence electrons. The van der Waals surface area contributed by atoms with Crippen LogP contribution in [0.15, 0.2) is 76.5 Å². The highest BCUT2D eigenvalue weighted by molar-refractivity contribution is 8.28. The normalized spacial score (nSPS) is 19.1. The lowest BCUT2D eigenvalue weighted by molar-refractivity contribution is 0.685. The molecule has 26 heavy (non-hydrogen) atoms. The predicted octanol–water partition coefficient (Wildman–Crippen LogP) is 7.32. The van der Waals surface area contributed by atoms with Crippen molar-refractivity contribution in [2.45, 2.75) is 25.7 Å². The van der Waals surface area contributed by atoms with Crippen LogP contribution in [0.1, 0.15) is 35.4 Å². The monoisotopic (exact) mass is 410 g/mol. The highest BCUT2D eigenvalue weighted by Gasteiger charge is 2.42. The van der Waals surface area contributed by atoms with E-state index in [1.807, 2.05) is 22.7 Å². The molecule has 1 aromatic carbocycles. The number of allylic oxidation sites excluding steroid dienone is 2. The van der Waals surface area contributed by atoms with Gasteiger partial charge in [-0.1, -0.05) is 54.3 Å². The Morgan fingerprint density at radius 3 is 1.69 bits per heavy atom. The Morgan fingerprint density at radius 2 is 1.23 bits per heavy atom. The summed E-state index contributed by atoms with van der Waals surface area (Å²) in [4.78, 5) is 2.77. The van der Waals surface area contributed by atoms with E-state index in [4.69, 9.17) is 11.8 Å². The van der Waals surface area contributed by atoms with Crippen LogP contribution in [0, 0.1) is 0 Å². The molecular weight excluding hydrogens is 391 g/mol. The lowest BCUT2D eigenvalue weighted by Gasteiger charge is -2.24. The Labute approximate surface area is 167 Å². The molecule has 2 aliphatic rings. The molecule has 1 fully saturated rings. The van der Waals surface area contributed by atoms with E-state index >= 15 is 0 Å². The predicted molar refractivity (Wildman–Crippen MR) is 121 cm³/mol. The fraction of sp³-hybridized carbons (Fsp3) is 0.182. The summed E-state index contributed by atoms with van der Waals surface area (Å²) in [5, 5.41) is 8.72. The van der Waals surface area contributed by atoms with Gasteiger partial charge in [-0.2, -0.15) is 0 Å². The van der Waals surface area contributed by atoms with Gasteiger partial charge in [-0.25, -0.2) is 0 Å². The van der Waals surface area contributed by atoms with E-state index in [1.54, 1.807) is 11.1 Å². The van der Waals surface area contributed by atoms with Gasteiger partial charge in [-0.15, -0.1) is 22.7 Å². The van der Waals surface area contributed by atoms with E-state index in [-0.39, 0.29) is 0 Å². The van der Waals surface area contributed by atoms with Crippen molar-refractivity contribution in [1.29, 1.82) is 0 Å². The maximum Gasteiger partial charge on any atom is 0.0412 e. The molecule has 0 N–H and O–H groups in total. The molecule has 0 nitrogen and oxygen atoms in total.